The minimum absolute atomic E-state index is 0.783. The van der Waals surface area contributed by atoms with Crippen LogP contribution in [-0.4, -0.2) is 23.3 Å². The second-order valence-corrected chi connectivity index (χ2v) is 3.79. The van der Waals surface area contributed by atoms with Crippen molar-refractivity contribution in [1.29, 1.82) is 0 Å². The van der Waals surface area contributed by atoms with Crippen molar-refractivity contribution < 1.29 is 0 Å². The lowest BCUT2D eigenvalue weighted by Crippen LogP contribution is -2.31. The number of hydrogen-bond acceptors (Lipinski definition) is 3. The molecule has 2 rings (SSSR count). The molecule has 0 bridgehead atoms. The highest BCUT2D eigenvalue weighted by molar-refractivity contribution is 7.71. The Balaban J connectivity index is 2.80. The quantitative estimate of drug-likeness (QED) is 0.723. The Morgan fingerprint density at radius 3 is 2.93 bits per heavy atom. The molecule has 0 amide bonds. The van der Waals surface area contributed by atoms with E-state index in [-0.39, 0.29) is 0 Å². The molecule has 2 heterocycles. The fourth-order valence-corrected chi connectivity index (χ4v) is 1.82. The Labute approximate surface area is 93.9 Å². The maximum atomic E-state index is 5.30. The summed E-state index contributed by atoms with van der Waals surface area (Å²) in [6.07, 6.45) is 1.79. The van der Waals surface area contributed by atoms with E-state index >= 15 is 0 Å². The molecule has 0 unspecified atom stereocenters. The third-order valence-corrected chi connectivity index (χ3v) is 2.74. The van der Waals surface area contributed by atoms with E-state index in [1.54, 1.807) is 6.20 Å². The van der Waals surface area contributed by atoms with Crippen LogP contribution in [0.2, 0.25) is 0 Å². The first-order chi connectivity index (χ1) is 7.24. The van der Waals surface area contributed by atoms with E-state index in [1.165, 1.54) is 0 Å². The average molecular weight is 219 g/mol. The normalized spacial score (nSPS) is 10.5. The Morgan fingerprint density at radius 2 is 2.20 bits per heavy atom. The highest BCUT2D eigenvalue weighted by atomic mass is 32.1. The smallest absolute Gasteiger partial charge is 0.159 e. The van der Waals surface area contributed by atoms with E-state index in [4.69, 9.17) is 12.2 Å². The van der Waals surface area contributed by atoms with E-state index in [9.17, 15) is 0 Å². The summed E-state index contributed by atoms with van der Waals surface area (Å²) in [5, 5.41) is 3.16. The number of aromatic nitrogens is 2. The van der Waals surface area contributed by atoms with Crippen LogP contribution in [0, 0.1) is 4.64 Å². The molecule has 0 spiro atoms. The molecule has 0 N–H and O–H groups in total. The maximum absolute atomic E-state index is 5.30. The summed E-state index contributed by atoms with van der Waals surface area (Å²) in [6.45, 7) is 2.98. The van der Waals surface area contributed by atoms with Gasteiger partial charge in [-0.2, -0.15) is 0 Å². The summed E-state index contributed by atoms with van der Waals surface area (Å²) in [4.78, 5) is 4.37. The third kappa shape index (κ3) is 1.72. The van der Waals surface area contributed by atoms with Gasteiger partial charge in [-0.15, -0.1) is 0 Å². The molecule has 2 aromatic rings. The lowest BCUT2D eigenvalue weighted by atomic mass is 10.3. The zero-order chi connectivity index (χ0) is 10.8. The highest BCUT2D eigenvalue weighted by Gasteiger charge is 2.03. The highest BCUT2D eigenvalue weighted by Crippen LogP contribution is 2.11. The lowest BCUT2D eigenvalue weighted by Gasteiger charge is -2.21. The van der Waals surface area contributed by atoms with Crippen LogP contribution in [0.15, 0.2) is 30.5 Å². The van der Waals surface area contributed by atoms with Crippen molar-refractivity contribution in [2.45, 2.75) is 6.92 Å². The van der Waals surface area contributed by atoms with Crippen LogP contribution < -0.4 is 5.01 Å². The van der Waals surface area contributed by atoms with Gasteiger partial charge >= 0.3 is 0 Å². The number of nitrogens with zero attached hydrogens (tertiary/aromatic N) is 3. The number of hydrogen-bond donors (Lipinski definition) is 0. The predicted octanol–water partition coefficient (Wildman–Crippen LogP) is 2.35. The Bertz CT molecular complexity index is 533. The van der Waals surface area contributed by atoms with Crippen molar-refractivity contribution in [3.05, 3.63) is 35.1 Å². The first-order valence-electron chi connectivity index (χ1n) is 4.92. The van der Waals surface area contributed by atoms with Crippen molar-refractivity contribution in [1.82, 2.24) is 9.66 Å². The number of pyridine rings is 2. The van der Waals surface area contributed by atoms with Gasteiger partial charge in [-0.3, -0.25) is 0 Å². The standard InChI is InChI=1S/C11H13N3S/c1-3-13(2)14-10(15)7-6-9-5-4-8-12-11(9)14/h4-8H,3H2,1-2H3. The van der Waals surface area contributed by atoms with Gasteiger partial charge in [0.1, 0.15) is 4.64 Å². The fraction of sp³-hybridized carbons (Fsp3) is 0.273. The third-order valence-electron chi connectivity index (χ3n) is 2.43. The summed E-state index contributed by atoms with van der Waals surface area (Å²) < 4.78 is 2.75. The van der Waals surface area contributed by atoms with E-state index in [0.717, 1.165) is 22.2 Å². The van der Waals surface area contributed by atoms with Gasteiger partial charge in [0.15, 0.2) is 5.65 Å². The summed E-state index contributed by atoms with van der Waals surface area (Å²) in [5.41, 5.74) is 0.911. The van der Waals surface area contributed by atoms with Gasteiger partial charge in [0, 0.05) is 25.2 Å². The van der Waals surface area contributed by atoms with Crippen molar-refractivity contribution in [3.63, 3.8) is 0 Å². The van der Waals surface area contributed by atoms with Crippen molar-refractivity contribution in [2.24, 2.45) is 0 Å². The lowest BCUT2D eigenvalue weighted by molar-refractivity contribution is 0.677. The molecule has 2 aromatic heterocycles. The Morgan fingerprint density at radius 1 is 1.40 bits per heavy atom. The zero-order valence-corrected chi connectivity index (χ0v) is 9.66. The fourth-order valence-electron chi connectivity index (χ4n) is 1.52. The average Bonchev–Trinajstić information content (AvgIpc) is 2.28. The zero-order valence-electron chi connectivity index (χ0n) is 8.84. The largest absolute Gasteiger partial charge is 0.313 e. The van der Waals surface area contributed by atoms with E-state index < -0.39 is 0 Å². The van der Waals surface area contributed by atoms with Crippen LogP contribution in [0.25, 0.3) is 11.0 Å². The molecule has 0 saturated heterocycles. The number of fused-ring (bicyclic) bond motifs is 1. The van der Waals surface area contributed by atoms with Gasteiger partial charge in [-0.25, -0.2) is 9.66 Å². The maximum Gasteiger partial charge on any atom is 0.159 e. The summed E-state index contributed by atoms with van der Waals surface area (Å²) in [6, 6.07) is 7.91. The summed E-state index contributed by atoms with van der Waals surface area (Å²) in [7, 11) is 2.00. The Kier molecular flexibility index (Phi) is 2.68. The molecule has 15 heavy (non-hydrogen) atoms. The molecule has 0 atom stereocenters. The first-order valence-corrected chi connectivity index (χ1v) is 5.33. The van der Waals surface area contributed by atoms with Gasteiger partial charge in [-0.05, 0) is 31.2 Å². The molecule has 0 aromatic carbocycles. The number of rotatable bonds is 2. The van der Waals surface area contributed by atoms with Crippen molar-refractivity contribution >= 4 is 23.3 Å². The van der Waals surface area contributed by atoms with Gasteiger partial charge in [0.2, 0.25) is 0 Å². The van der Waals surface area contributed by atoms with E-state index in [0.29, 0.717) is 0 Å². The van der Waals surface area contributed by atoms with Crippen LogP contribution in [0.5, 0.6) is 0 Å². The molecule has 0 aliphatic rings. The monoisotopic (exact) mass is 219 g/mol. The molecule has 0 saturated carbocycles. The van der Waals surface area contributed by atoms with E-state index in [1.807, 2.05) is 36.0 Å². The van der Waals surface area contributed by atoms with Crippen LogP contribution in [0.4, 0.5) is 0 Å². The molecule has 78 valence electrons. The predicted molar refractivity (Wildman–Crippen MR) is 65.2 cm³/mol. The molecule has 0 fully saturated rings. The topological polar surface area (TPSA) is 21.1 Å². The van der Waals surface area contributed by atoms with Gasteiger partial charge in [-0.1, -0.05) is 12.2 Å². The molecule has 3 nitrogen and oxygen atoms in total. The van der Waals surface area contributed by atoms with Gasteiger partial charge in [0.25, 0.3) is 0 Å². The molecule has 0 aliphatic carbocycles. The molecule has 0 aliphatic heterocycles. The minimum atomic E-state index is 0.783. The SMILES string of the molecule is CCN(C)n1c(=S)ccc2cccnc21. The van der Waals surface area contributed by atoms with Crippen LogP contribution in [-0.2, 0) is 0 Å². The van der Waals surface area contributed by atoms with E-state index in [2.05, 4.69) is 16.9 Å². The van der Waals surface area contributed by atoms with Crippen molar-refractivity contribution in [3.8, 4) is 0 Å². The molecule has 0 radical (unpaired) electrons. The Hall–Kier alpha value is -1.42. The van der Waals surface area contributed by atoms with Crippen molar-refractivity contribution in [2.75, 3.05) is 18.6 Å². The second-order valence-electron chi connectivity index (χ2n) is 3.37. The van der Waals surface area contributed by atoms with Crippen LogP contribution in [0.1, 0.15) is 6.92 Å². The molecule has 4 heteroatoms. The molecular formula is C11H13N3S. The van der Waals surface area contributed by atoms with Gasteiger partial charge < -0.3 is 5.01 Å². The minimum Gasteiger partial charge on any atom is -0.313 e. The second kappa shape index (κ2) is 3.98. The molecular weight excluding hydrogens is 206 g/mol. The summed E-state index contributed by atoms with van der Waals surface area (Å²) in [5.74, 6) is 0. The van der Waals surface area contributed by atoms with Crippen LogP contribution >= 0.6 is 12.2 Å². The summed E-state index contributed by atoms with van der Waals surface area (Å²) >= 11 is 5.30. The first kappa shape index (κ1) is 10.1. The van der Waals surface area contributed by atoms with Crippen LogP contribution in [0.3, 0.4) is 0 Å². The van der Waals surface area contributed by atoms with Gasteiger partial charge in [0.05, 0.1) is 0 Å².